The van der Waals surface area contributed by atoms with E-state index in [1.807, 2.05) is 0 Å². The molecule has 5 heteroatoms. The van der Waals surface area contributed by atoms with E-state index in [1.165, 1.54) is 12.5 Å². The summed E-state index contributed by atoms with van der Waals surface area (Å²) >= 11 is 0. The van der Waals surface area contributed by atoms with Crippen molar-refractivity contribution >= 4 is 17.7 Å². The van der Waals surface area contributed by atoms with E-state index in [9.17, 15) is 19.5 Å². The molecule has 1 unspecified atom stereocenters. The highest BCUT2D eigenvalue weighted by Crippen LogP contribution is 2.66. The molecule has 3 saturated carbocycles. The molecule has 0 aromatic heterocycles. The molecule has 0 bridgehead atoms. The van der Waals surface area contributed by atoms with Crippen LogP contribution < -0.4 is 0 Å². The van der Waals surface area contributed by atoms with Crippen molar-refractivity contribution in [2.45, 2.75) is 78.2 Å². The minimum atomic E-state index is -1.27. The molecule has 3 fully saturated rings. The first kappa shape index (κ1) is 19.7. The first-order valence-corrected chi connectivity index (χ1v) is 10.8. The number of carboxylic acid groups (broad SMARTS) is 1. The van der Waals surface area contributed by atoms with Crippen molar-refractivity contribution in [2.75, 3.05) is 0 Å². The van der Waals surface area contributed by atoms with Gasteiger partial charge in [0, 0.05) is 19.3 Å². The zero-order valence-electron chi connectivity index (χ0n) is 17.2. The van der Waals surface area contributed by atoms with Crippen LogP contribution in [0.15, 0.2) is 11.6 Å². The summed E-state index contributed by atoms with van der Waals surface area (Å²) in [5, 5.41) is 9.27. The molecule has 0 amide bonds. The molecule has 7 atom stereocenters. The summed E-state index contributed by atoms with van der Waals surface area (Å²) in [6.45, 7) is 6.04. The van der Waals surface area contributed by atoms with Crippen LogP contribution in [-0.4, -0.2) is 28.9 Å². The van der Waals surface area contributed by atoms with Crippen LogP contribution >= 0.6 is 0 Å². The van der Waals surface area contributed by atoms with Gasteiger partial charge in [0.1, 0.15) is 6.10 Å². The Balaban J connectivity index is 1.58. The second-order valence-corrected chi connectivity index (χ2v) is 10.1. The van der Waals surface area contributed by atoms with E-state index in [4.69, 9.17) is 4.74 Å². The highest BCUT2D eigenvalue weighted by Gasteiger charge is 2.60. The molecular formula is C23H32O5. The first-order valence-electron chi connectivity index (χ1n) is 10.8. The molecule has 28 heavy (non-hydrogen) atoms. The first-order chi connectivity index (χ1) is 13.2. The zero-order chi connectivity index (χ0) is 20.3. The summed E-state index contributed by atoms with van der Waals surface area (Å²) in [6, 6.07) is 0. The number of ketones is 1. The number of carbonyl (C=O) groups is 3. The van der Waals surface area contributed by atoms with Gasteiger partial charge in [-0.2, -0.15) is 0 Å². The van der Waals surface area contributed by atoms with E-state index < -0.39 is 11.8 Å². The zero-order valence-corrected chi connectivity index (χ0v) is 17.2. The highest BCUT2D eigenvalue weighted by atomic mass is 16.5. The number of hydrogen-bond acceptors (Lipinski definition) is 4. The summed E-state index contributed by atoms with van der Waals surface area (Å²) in [4.78, 5) is 35.0. The van der Waals surface area contributed by atoms with Gasteiger partial charge in [0.2, 0.25) is 5.78 Å². The molecule has 0 aliphatic heterocycles. The number of carboxylic acids is 1. The van der Waals surface area contributed by atoms with Crippen molar-refractivity contribution in [3.8, 4) is 0 Å². The molecule has 5 nitrogen and oxygen atoms in total. The van der Waals surface area contributed by atoms with Crippen LogP contribution in [0.4, 0.5) is 0 Å². The predicted molar refractivity (Wildman–Crippen MR) is 103 cm³/mol. The molecule has 0 radical (unpaired) electrons. The van der Waals surface area contributed by atoms with Gasteiger partial charge in [-0.3, -0.25) is 9.59 Å². The Labute approximate surface area is 166 Å². The van der Waals surface area contributed by atoms with Crippen LogP contribution in [0.5, 0.6) is 0 Å². The average Bonchev–Trinajstić information content (AvgIpc) is 2.98. The molecule has 0 aromatic rings. The van der Waals surface area contributed by atoms with E-state index in [0.717, 1.165) is 51.4 Å². The lowest BCUT2D eigenvalue weighted by Gasteiger charge is -2.58. The lowest BCUT2D eigenvalue weighted by atomic mass is 9.47. The summed E-state index contributed by atoms with van der Waals surface area (Å²) in [5.41, 5.74) is 1.43. The number of allylic oxidation sites excluding steroid dienone is 1. The number of esters is 1. The lowest BCUT2D eigenvalue weighted by Crippen LogP contribution is -2.51. The molecular weight excluding hydrogens is 356 g/mol. The van der Waals surface area contributed by atoms with Gasteiger partial charge < -0.3 is 9.84 Å². The van der Waals surface area contributed by atoms with Gasteiger partial charge in [0.15, 0.2) is 0 Å². The van der Waals surface area contributed by atoms with Gasteiger partial charge in [-0.1, -0.05) is 25.5 Å². The molecule has 4 aliphatic rings. The number of carbonyl (C=O) groups excluding carboxylic acids is 2. The lowest BCUT2D eigenvalue weighted by molar-refractivity contribution is -0.154. The monoisotopic (exact) mass is 388 g/mol. The van der Waals surface area contributed by atoms with Gasteiger partial charge in [0.25, 0.3) is 0 Å². The van der Waals surface area contributed by atoms with Crippen LogP contribution in [0, 0.1) is 34.5 Å². The quantitative estimate of drug-likeness (QED) is 0.446. The third-order valence-electron chi connectivity index (χ3n) is 8.92. The summed E-state index contributed by atoms with van der Waals surface area (Å²) < 4.78 is 5.50. The summed E-state index contributed by atoms with van der Waals surface area (Å²) in [7, 11) is 0. The van der Waals surface area contributed by atoms with E-state index >= 15 is 0 Å². The van der Waals surface area contributed by atoms with Gasteiger partial charge in [-0.05, 0) is 73.5 Å². The van der Waals surface area contributed by atoms with E-state index in [0.29, 0.717) is 17.8 Å². The smallest absolute Gasteiger partial charge is 0.372 e. The van der Waals surface area contributed by atoms with Crippen molar-refractivity contribution in [2.24, 2.45) is 34.5 Å². The average molecular weight is 389 g/mol. The topological polar surface area (TPSA) is 80.7 Å². The molecule has 4 aliphatic carbocycles. The normalized spacial score (nSPS) is 44.5. The number of Topliss-reactive ketones (excluding diaryl/α,β-unsaturated/α-hetero) is 1. The predicted octanol–water partition coefficient (Wildman–Crippen LogP) is 4.15. The summed E-state index contributed by atoms with van der Waals surface area (Å²) in [6.07, 6.45) is 9.90. The fourth-order valence-electron chi connectivity index (χ4n) is 7.54. The molecule has 4 rings (SSSR count). The van der Waals surface area contributed by atoms with Crippen LogP contribution in [0.2, 0.25) is 0 Å². The fourth-order valence-corrected chi connectivity index (χ4v) is 7.54. The van der Waals surface area contributed by atoms with Crippen LogP contribution in [0.3, 0.4) is 0 Å². The molecule has 0 saturated heterocycles. The number of aliphatic carboxylic acids is 1. The Morgan fingerprint density at radius 3 is 2.50 bits per heavy atom. The minimum Gasteiger partial charge on any atom is -0.475 e. The molecule has 0 spiro atoms. The largest absolute Gasteiger partial charge is 0.475 e. The van der Waals surface area contributed by atoms with E-state index in [-0.39, 0.29) is 28.8 Å². The number of hydrogen-bond donors (Lipinski definition) is 1. The molecule has 154 valence electrons. The van der Waals surface area contributed by atoms with E-state index in [2.05, 4.69) is 19.9 Å². The second-order valence-electron chi connectivity index (χ2n) is 10.1. The van der Waals surface area contributed by atoms with Crippen molar-refractivity contribution in [3.63, 3.8) is 0 Å². The van der Waals surface area contributed by atoms with Crippen LogP contribution in [0.25, 0.3) is 0 Å². The second kappa shape index (κ2) is 6.70. The van der Waals surface area contributed by atoms with Crippen molar-refractivity contribution in [1.82, 2.24) is 0 Å². The fraction of sp³-hybridized carbons (Fsp3) is 0.783. The Bertz CT molecular complexity index is 739. The Morgan fingerprint density at radius 1 is 1.07 bits per heavy atom. The van der Waals surface area contributed by atoms with Gasteiger partial charge in [-0.15, -0.1) is 0 Å². The number of ether oxygens (including phenoxy) is 1. The van der Waals surface area contributed by atoms with Gasteiger partial charge in [-0.25, -0.2) is 4.79 Å². The molecule has 0 aromatic carbocycles. The Kier molecular flexibility index (Phi) is 4.71. The van der Waals surface area contributed by atoms with Crippen LogP contribution in [0.1, 0.15) is 72.1 Å². The number of fused-ring (bicyclic) bond motifs is 5. The molecule has 1 N–H and O–H groups in total. The highest BCUT2D eigenvalue weighted by molar-refractivity contribution is 6.33. The third-order valence-corrected chi connectivity index (χ3v) is 8.92. The van der Waals surface area contributed by atoms with E-state index in [1.54, 1.807) is 0 Å². The molecule has 0 heterocycles. The SMILES string of the molecule is CC(=O)OC1CC[C@@]2(C)C(=CC[C@H]3[C@@H]4CC[C@H](C(=O)C(=O)O)[C@@]4(C)CC[C@@H]32)C1. The summed E-state index contributed by atoms with van der Waals surface area (Å²) in [5.74, 6) is -0.823. The third kappa shape index (κ3) is 2.84. The maximum Gasteiger partial charge on any atom is 0.372 e. The van der Waals surface area contributed by atoms with Crippen molar-refractivity contribution in [1.29, 1.82) is 0 Å². The van der Waals surface area contributed by atoms with Crippen molar-refractivity contribution < 1.29 is 24.2 Å². The maximum atomic E-state index is 12.3. The van der Waals surface area contributed by atoms with Crippen LogP contribution in [-0.2, 0) is 19.1 Å². The Hall–Kier alpha value is -1.65. The standard InChI is InChI=1S/C23H32O5/c1-13(24)28-15-8-10-22(2)14(12-15)4-5-16-17-6-7-19(20(25)21(26)27)23(17,3)11-9-18(16)22/h4,15-19H,5-12H2,1-3H3,(H,26,27)/t15?,16-,17-,18-,19+,22-,23-/m0/s1. The van der Waals surface area contributed by atoms with Gasteiger partial charge in [0.05, 0.1) is 0 Å². The van der Waals surface area contributed by atoms with Crippen molar-refractivity contribution in [3.05, 3.63) is 11.6 Å². The van der Waals surface area contributed by atoms with Gasteiger partial charge >= 0.3 is 11.9 Å². The number of rotatable bonds is 3. The Morgan fingerprint density at radius 2 is 1.82 bits per heavy atom. The minimum absolute atomic E-state index is 0.00582. The maximum absolute atomic E-state index is 12.3.